The second kappa shape index (κ2) is 17.6. The van der Waals surface area contributed by atoms with Crippen LogP contribution in [0.3, 0.4) is 0 Å². The van der Waals surface area contributed by atoms with E-state index in [1.165, 1.54) is 29.6 Å². The number of ether oxygens (including phenoxy) is 7. The molecule has 1 aliphatic rings. The van der Waals surface area contributed by atoms with E-state index in [2.05, 4.69) is 20.3 Å². The van der Waals surface area contributed by atoms with Crippen molar-refractivity contribution >= 4 is 46.5 Å². The summed E-state index contributed by atoms with van der Waals surface area (Å²) in [6.07, 6.45) is -4.44. The summed E-state index contributed by atoms with van der Waals surface area (Å²) in [5, 5.41) is 24.0. The Kier molecular flexibility index (Phi) is 12.8. The normalized spacial score (nSPS) is 18.5. The first kappa shape index (κ1) is 37.0. The Bertz CT molecular complexity index is 1700. The van der Waals surface area contributed by atoms with Gasteiger partial charge in [-0.05, 0) is 24.3 Å². The van der Waals surface area contributed by atoms with Gasteiger partial charge in [0.25, 0.3) is 12.4 Å². The molecule has 0 radical (unpaired) electrons. The Morgan fingerprint density at radius 3 is 2.04 bits per heavy atom. The molecule has 0 unspecified atom stereocenters. The van der Waals surface area contributed by atoms with Gasteiger partial charge >= 0.3 is 18.0 Å². The summed E-state index contributed by atoms with van der Waals surface area (Å²) in [4.78, 5) is 50.9. The zero-order valence-corrected chi connectivity index (χ0v) is 28.0. The summed E-state index contributed by atoms with van der Waals surface area (Å²) >= 11 is 0. The van der Waals surface area contributed by atoms with E-state index in [0.717, 1.165) is 0 Å². The molecule has 18 nitrogen and oxygen atoms in total. The van der Waals surface area contributed by atoms with E-state index in [0.29, 0.717) is 11.4 Å². The van der Waals surface area contributed by atoms with Gasteiger partial charge in [0.15, 0.2) is 17.4 Å². The number of hydrogen-bond donors (Lipinski definition) is 3. The number of nitrogens with zero attached hydrogens (tertiary/aromatic N) is 5. The van der Waals surface area contributed by atoms with E-state index < -0.39 is 55.7 Å². The first-order valence-electron chi connectivity index (χ1n) is 15.8. The first-order valence-corrected chi connectivity index (χ1v) is 15.8. The van der Waals surface area contributed by atoms with Crippen LogP contribution in [-0.4, -0.2) is 113 Å². The van der Waals surface area contributed by atoms with Crippen LogP contribution in [0, 0.1) is 0 Å². The molecule has 4 atom stereocenters. The van der Waals surface area contributed by atoms with Gasteiger partial charge < -0.3 is 48.7 Å². The SMILES string of the molecule is CNc1nc(OC(=O)N(c2ccccc2)c2ccccc2)c2ncn([C@@H]3O[C@H](CO)[C@@H](O)[C@H]3OC(OCCOC(C)=O)OCCOC(C)=O)c2n1. The van der Waals surface area contributed by atoms with Gasteiger partial charge in [0.05, 0.1) is 37.5 Å². The molecule has 272 valence electrons. The zero-order chi connectivity index (χ0) is 36.3. The first-order chi connectivity index (χ1) is 24.7. The number of nitrogens with one attached hydrogen (secondary N) is 1. The Morgan fingerprint density at radius 1 is 0.922 bits per heavy atom. The molecule has 4 aromatic rings. The van der Waals surface area contributed by atoms with Gasteiger partial charge in [-0.25, -0.2) is 14.7 Å². The molecule has 5 rings (SSSR count). The lowest BCUT2D eigenvalue weighted by molar-refractivity contribution is -0.320. The standard InChI is InChI=1S/C33H38N6O12/c1-20(41)45-14-16-47-33(48-17-15-46-21(2)42)50-27-26(43)24(18-40)49-30(27)38-19-35-25-28(38)36-31(34-3)37-29(25)51-32(44)39(22-10-6-4-7-11-22)23-12-8-5-9-13-23/h4-13,19,24,26-27,30,33,40,43H,14-18H2,1-3H3,(H,34,36,37)/t24-,26-,27-,30-/m1/s1. The van der Waals surface area contributed by atoms with Crippen molar-refractivity contribution in [2.45, 2.75) is 44.9 Å². The molecule has 0 aliphatic carbocycles. The predicted octanol–water partition coefficient (Wildman–Crippen LogP) is 2.28. The average Bonchev–Trinajstić information content (AvgIpc) is 3.69. The summed E-state index contributed by atoms with van der Waals surface area (Å²) < 4.78 is 40.3. The highest BCUT2D eigenvalue weighted by molar-refractivity contribution is 5.98. The molecule has 1 saturated heterocycles. The number of carbonyl (C=O) groups is 3. The molecule has 2 aromatic heterocycles. The van der Waals surface area contributed by atoms with Gasteiger partial charge in [0.2, 0.25) is 5.95 Å². The maximum Gasteiger partial charge on any atom is 0.425 e. The van der Waals surface area contributed by atoms with Crippen LogP contribution in [0.25, 0.3) is 11.2 Å². The Labute approximate surface area is 291 Å². The van der Waals surface area contributed by atoms with E-state index in [4.69, 9.17) is 33.2 Å². The number of amides is 1. The highest BCUT2D eigenvalue weighted by Gasteiger charge is 2.47. The molecule has 3 N–H and O–H groups in total. The maximum absolute atomic E-state index is 13.8. The monoisotopic (exact) mass is 710 g/mol. The van der Waals surface area contributed by atoms with Gasteiger partial charge in [-0.15, -0.1) is 0 Å². The zero-order valence-electron chi connectivity index (χ0n) is 28.0. The van der Waals surface area contributed by atoms with E-state index in [9.17, 15) is 24.6 Å². The molecule has 1 amide bonds. The van der Waals surface area contributed by atoms with Crippen molar-refractivity contribution in [1.82, 2.24) is 19.5 Å². The van der Waals surface area contributed by atoms with Crippen molar-refractivity contribution in [2.75, 3.05) is 50.3 Å². The molecule has 0 saturated carbocycles. The number of carbonyl (C=O) groups excluding carboxylic acids is 3. The number of esters is 2. The molecule has 2 aromatic carbocycles. The van der Waals surface area contributed by atoms with Crippen LogP contribution < -0.4 is 15.0 Å². The number of rotatable bonds is 16. The van der Waals surface area contributed by atoms with Crippen molar-refractivity contribution in [3.63, 3.8) is 0 Å². The summed E-state index contributed by atoms with van der Waals surface area (Å²) in [7, 11) is 1.57. The minimum atomic E-state index is -1.48. The summed E-state index contributed by atoms with van der Waals surface area (Å²) in [5.41, 5.74) is 1.28. The number of aromatic nitrogens is 4. The molecule has 1 aliphatic heterocycles. The maximum atomic E-state index is 13.8. The van der Waals surface area contributed by atoms with E-state index in [-0.39, 0.29) is 49.4 Å². The van der Waals surface area contributed by atoms with Crippen LogP contribution in [-0.2, 0) is 38.0 Å². The van der Waals surface area contributed by atoms with Crippen molar-refractivity contribution in [2.24, 2.45) is 0 Å². The Hall–Kier alpha value is -5.24. The number of aliphatic hydroxyl groups is 2. The van der Waals surface area contributed by atoms with E-state index in [1.54, 1.807) is 55.6 Å². The Balaban J connectivity index is 1.44. The molecule has 18 heteroatoms. The van der Waals surface area contributed by atoms with Gasteiger partial charge in [-0.1, -0.05) is 36.4 Å². The third kappa shape index (κ3) is 9.31. The molecule has 3 heterocycles. The molecule has 0 spiro atoms. The quantitative estimate of drug-likeness (QED) is 0.0864. The van der Waals surface area contributed by atoms with E-state index >= 15 is 0 Å². The molecular formula is C33H38N6O12. The average molecular weight is 711 g/mol. The summed E-state index contributed by atoms with van der Waals surface area (Å²) in [5.74, 6) is -1.16. The largest absolute Gasteiger partial charge is 0.463 e. The third-order valence-corrected chi connectivity index (χ3v) is 7.33. The number of fused-ring (bicyclic) bond motifs is 1. The van der Waals surface area contributed by atoms with Crippen LogP contribution in [0.5, 0.6) is 5.88 Å². The van der Waals surface area contributed by atoms with Crippen molar-refractivity contribution in [3.05, 3.63) is 67.0 Å². The minimum Gasteiger partial charge on any atom is -0.463 e. The van der Waals surface area contributed by atoms with Gasteiger partial charge in [-0.3, -0.25) is 14.2 Å². The van der Waals surface area contributed by atoms with Crippen LogP contribution in [0.4, 0.5) is 22.1 Å². The number of benzene rings is 2. The Morgan fingerprint density at radius 2 is 1.51 bits per heavy atom. The molecular weight excluding hydrogens is 672 g/mol. The summed E-state index contributed by atoms with van der Waals surface area (Å²) in [6.45, 7) is -0.137. The van der Waals surface area contributed by atoms with Crippen LogP contribution in [0.15, 0.2) is 67.0 Å². The van der Waals surface area contributed by atoms with Gasteiger partial charge in [0, 0.05) is 20.9 Å². The van der Waals surface area contributed by atoms with Crippen molar-refractivity contribution in [1.29, 1.82) is 0 Å². The number of para-hydroxylation sites is 2. The van der Waals surface area contributed by atoms with Gasteiger partial charge in [0.1, 0.15) is 31.5 Å². The fourth-order valence-electron chi connectivity index (χ4n) is 5.06. The lowest BCUT2D eigenvalue weighted by Gasteiger charge is -2.27. The lowest BCUT2D eigenvalue weighted by Crippen LogP contribution is -2.40. The second-order valence-corrected chi connectivity index (χ2v) is 10.9. The topological polar surface area (TPSA) is 215 Å². The highest BCUT2D eigenvalue weighted by Crippen LogP contribution is 2.36. The van der Waals surface area contributed by atoms with E-state index in [1.807, 2.05) is 12.1 Å². The van der Waals surface area contributed by atoms with Gasteiger partial charge in [-0.2, -0.15) is 9.97 Å². The lowest BCUT2D eigenvalue weighted by atomic mass is 10.1. The predicted molar refractivity (Wildman–Crippen MR) is 177 cm³/mol. The summed E-state index contributed by atoms with van der Waals surface area (Å²) in [6, 6.07) is 17.8. The van der Waals surface area contributed by atoms with Crippen molar-refractivity contribution < 1.29 is 57.8 Å². The van der Waals surface area contributed by atoms with Crippen LogP contribution in [0.2, 0.25) is 0 Å². The molecule has 51 heavy (non-hydrogen) atoms. The van der Waals surface area contributed by atoms with Crippen molar-refractivity contribution in [3.8, 4) is 5.88 Å². The minimum absolute atomic E-state index is 0.0632. The number of aliphatic hydroxyl groups excluding tert-OH is 2. The fraction of sp³-hybridized carbons (Fsp3) is 0.394. The number of hydrogen-bond acceptors (Lipinski definition) is 16. The number of anilines is 3. The highest BCUT2D eigenvalue weighted by atomic mass is 16.9. The smallest absolute Gasteiger partial charge is 0.425 e. The fourth-order valence-corrected chi connectivity index (χ4v) is 5.06. The van der Waals surface area contributed by atoms with Crippen LogP contribution >= 0.6 is 0 Å². The van der Waals surface area contributed by atoms with Crippen LogP contribution in [0.1, 0.15) is 20.1 Å². The molecule has 0 bridgehead atoms. The molecule has 1 fully saturated rings. The second-order valence-electron chi connectivity index (χ2n) is 10.9. The third-order valence-electron chi connectivity index (χ3n) is 7.33. The number of imidazole rings is 1.